The smallest absolute Gasteiger partial charge is 0.0513 e. The van der Waals surface area contributed by atoms with Crippen molar-refractivity contribution in [1.82, 2.24) is 14.8 Å². The summed E-state index contributed by atoms with van der Waals surface area (Å²) in [7, 11) is 2.18. The van der Waals surface area contributed by atoms with Crippen LogP contribution in [0.15, 0.2) is 24.4 Å². The monoisotopic (exact) mass is 271 g/mol. The topological polar surface area (TPSA) is 20.2 Å². The molecule has 1 atom stereocenters. The summed E-state index contributed by atoms with van der Waals surface area (Å²) in [6.45, 7) is 9.08. The summed E-state index contributed by atoms with van der Waals surface area (Å²) in [5.74, 6) is 0. The number of fused-ring (bicyclic) bond motifs is 1. The van der Waals surface area contributed by atoms with Crippen molar-refractivity contribution in [1.29, 1.82) is 0 Å². The average molecular weight is 271 g/mol. The fourth-order valence-corrected chi connectivity index (χ4v) is 3.47. The Morgan fingerprint density at radius 3 is 2.70 bits per heavy atom. The van der Waals surface area contributed by atoms with Crippen molar-refractivity contribution in [2.75, 3.05) is 26.2 Å². The van der Waals surface area contributed by atoms with Crippen LogP contribution in [0.4, 0.5) is 0 Å². The Morgan fingerprint density at radius 2 is 2.00 bits per heavy atom. The summed E-state index contributed by atoms with van der Waals surface area (Å²) in [5, 5.41) is 4.86. The molecule has 1 unspecified atom stereocenters. The molecule has 1 saturated heterocycles. The molecule has 0 bridgehead atoms. The van der Waals surface area contributed by atoms with Crippen LogP contribution in [0.3, 0.4) is 0 Å². The van der Waals surface area contributed by atoms with Crippen molar-refractivity contribution in [3.63, 3.8) is 0 Å². The molecule has 3 heteroatoms. The number of nitrogens with one attached hydrogen (secondary N) is 1. The third-order valence-corrected chi connectivity index (χ3v) is 4.65. The molecule has 1 aromatic heterocycles. The van der Waals surface area contributed by atoms with Crippen molar-refractivity contribution in [3.05, 3.63) is 35.5 Å². The van der Waals surface area contributed by atoms with Gasteiger partial charge in [0.05, 0.1) is 5.52 Å². The zero-order valence-corrected chi connectivity index (χ0v) is 12.8. The van der Waals surface area contributed by atoms with Gasteiger partial charge in [-0.15, -0.1) is 0 Å². The van der Waals surface area contributed by atoms with E-state index < -0.39 is 0 Å². The van der Waals surface area contributed by atoms with Gasteiger partial charge in [0.25, 0.3) is 0 Å². The van der Waals surface area contributed by atoms with E-state index in [0.29, 0.717) is 6.04 Å². The summed E-state index contributed by atoms with van der Waals surface area (Å²) in [5.41, 5.74) is 4.33. The lowest BCUT2D eigenvalue weighted by Crippen LogP contribution is -2.44. The molecule has 0 saturated carbocycles. The number of aryl methyl sites for hydroxylation is 2. The molecule has 1 N–H and O–H groups in total. The van der Waals surface area contributed by atoms with Crippen LogP contribution < -0.4 is 5.32 Å². The first kappa shape index (κ1) is 13.7. The van der Waals surface area contributed by atoms with Crippen LogP contribution in [0, 0.1) is 0 Å². The van der Waals surface area contributed by atoms with Gasteiger partial charge in [0.1, 0.15) is 0 Å². The molecule has 2 heterocycles. The molecule has 3 nitrogen and oxygen atoms in total. The summed E-state index contributed by atoms with van der Waals surface area (Å²) in [6.07, 6.45) is 3.42. The van der Waals surface area contributed by atoms with E-state index in [2.05, 4.69) is 60.1 Å². The van der Waals surface area contributed by atoms with Crippen LogP contribution in [-0.4, -0.2) is 35.6 Å². The molecule has 1 aliphatic rings. The Bertz CT molecular complexity index is 594. The van der Waals surface area contributed by atoms with Gasteiger partial charge in [-0.1, -0.05) is 25.1 Å². The number of aromatic nitrogens is 1. The van der Waals surface area contributed by atoms with Crippen LogP contribution in [0.2, 0.25) is 0 Å². The van der Waals surface area contributed by atoms with E-state index in [1.807, 2.05) is 0 Å². The van der Waals surface area contributed by atoms with Gasteiger partial charge in [0.15, 0.2) is 0 Å². The highest BCUT2D eigenvalue weighted by Crippen LogP contribution is 2.31. The van der Waals surface area contributed by atoms with Gasteiger partial charge in [-0.2, -0.15) is 0 Å². The lowest BCUT2D eigenvalue weighted by atomic mass is 10.0. The molecular formula is C17H25N3. The lowest BCUT2D eigenvalue weighted by Gasteiger charge is -2.32. The maximum atomic E-state index is 3.43. The average Bonchev–Trinajstić information content (AvgIpc) is 2.85. The largest absolute Gasteiger partial charge is 0.350 e. The Morgan fingerprint density at radius 1 is 1.25 bits per heavy atom. The minimum absolute atomic E-state index is 0.493. The first-order valence-electron chi connectivity index (χ1n) is 7.74. The molecule has 1 fully saturated rings. The van der Waals surface area contributed by atoms with Gasteiger partial charge < -0.3 is 9.88 Å². The second-order valence-electron chi connectivity index (χ2n) is 5.82. The second kappa shape index (κ2) is 5.58. The predicted molar refractivity (Wildman–Crippen MR) is 85.2 cm³/mol. The number of piperazine rings is 1. The number of hydrogen-bond donors (Lipinski definition) is 1. The molecular weight excluding hydrogens is 246 g/mol. The minimum atomic E-state index is 0.493. The van der Waals surface area contributed by atoms with Crippen LogP contribution in [0.1, 0.15) is 31.0 Å². The first-order valence-corrected chi connectivity index (χ1v) is 7.74. The van der Waals surface area contributed by atoms with Crippen molar-refractivity contribution in [2.45, 2.75) is 26.3 Å². The fourth-order valence-electron chi connectivity index (χ4n) is 3.47. The second-order valence-corrected chi connectivity index (χ2v) is 5.82. The maximum Gasteiger partial charge on any atom is 0.0513 e. The van der Waals surface area contributed by atoms with Crippen molar-refractivity contribution in [3.8, 4) is 0 Å². The minimum Gasteiger partial charge on any atom is -0.350 e. The third kappa shape index (κ3) is 2.25. The molecule has 20 heavy (non-hydrogen) atoms. The summed E-state index contributed by atoms with van der Waals surface area (Å²) in [4.78, 5) is 2.59. The predicted octanol–water partition coefficient (Wildman–Crippen LogP) is 2.71. The van der Waals surface area contributed by atoms with Gasteiger partial charge in [-0.3, -0.25) is 4.90 Å². The molecule has 0 aliphatic carbocycles. The van der Waals surface area contributed by atoms with Crippen molar-refractivity contribution < 1.29 is 0 Å². The Balaban J connectivity index is 2.03. The van der Waals surface area contributed by atoms with E-state index in [0.717, 1.165) is 32.6 Å². The molecule has 108 valence electrons. The van der Waals surface area contributed by atoms with E-state index in [9.17, 15) is 0 Å². The number of hydrogen-bond acceptors (Lipinski definition) is 2. The summed E-state index contributed by atoms with van der Waals surface area (Å²) >= 11 is 0. The number of rotatable bonds is 3. The van der Waals surface area contributed by atoms with Gasteiger partial charge in [-0.05, 0) is 24.5 Å². The first-order chi connectivity index (χ1) is 9.72. The molecule has 2 aromatic rings. The highest BCUT2D eigenvalue weighted by Gasteiger charge is 2.21. The highest BCUT2D eigenvalue weighted by atomic mass is 15.2. The van der Waals surface area contributed by atoms with Gasteiger partial charge in [-0.25, -0.2) is 0 Å². The molecule has 1 aliphatic heterocycles. The molecule has 0 radical (unpaired) electrons. The summed E-state index contributed by atoms with van der Waals surface area (Å²) in [6, 6.07) is 7.23. The van der Waals surface area contributed by atoms with E-state index in [-0.39, 0.29) is 0 Å². The molecule has 3 rings (SSSR count). The Kier molecular flexibility index (Phi) is 3.81. The summed E-state index contributed by atoms with van der Waals surface area (Å²) < 4.78 is 2.31. The zero-order valence-electron chi connectivity index (χ0n) is 12.8. The number of benzene rings is 1. The number of para-hydroxylation sites is 1. The Hall–Kier alpha value is -1.32. The molecule has 1 aromatic carbocycles. The Labute approximate surface area is 121 Å². The third-order valence-electron chi connectivity index (χ3n) is 4.65. The van der Waals surface area contributed by atoms with Crippen molar-refractivity contribution in [2.24, 2.45) is 7.05 Å². The van der Waals surface area contributed by atoms with Gasteiger partial charge in [0, 0.05) is 50.9 Å². The zero-order chi connectivity index (χ0) is 14.1. The van der Waals surface area contributed by atoms with E-state index in [1.165, 1.54) is 22.0 Å². The van der Waals surface area contributed by atoms with Crippen molar-refractivity contribution >= 4 is 10.9 Å². The van der Waals surface area contributed by atoms with E-state index >= 15 is 0 Å². The number of nitrogens with zero attached hydrogens (tertiary/aromatic N) is 2. The fraction of sp³-hybridized carbons (Fsp3) is 0.529. The van der Waals surface area contributed by atoms with Gasteiger partial charge >= 0.3 is 0 Å². The van der Waals surface area contributed by atoms with Crippen LogP contribution in [-0.2, 0) is 13.5 Å². The standard InChI is InChI=1S/C17H25N3/c1-4-14-6-5-7-15-16(12-19(3)17(14)15)13(2)20-10-8-18-9-11-20/h5-7,12-13,18H,4,8-11H2,1-3H3. The quantitative estimate of drug-likeness (QED) is 0.926. The molecule has 0 spiro atoms. The normalized spacial score (nSPS) is 18.6. The van der Waals surface area contributed by atoms with E-state index in [4.69, 9.17) is 0 Å². The van der Waals surface area contributed by atoms with Crippen LogP contribution >= 0.6 is 0 Å². The van der Waals surface area contributed by atoms with Crippen LogP contribution in [0.5, 0.6) is 0 Å². The molecule has 0 amide bonds. The van der Waals surface area contributed by atoms with E-state index in [1.54, 1.807) is 0 Å². The SMILES string of the molecule is CCc1cccc2c(C(C)N3CCNCC3)cn(C)c12. The van der Waals surface area contributed by atoms with Gasteiger partial charge in [0.2, 0.25) is 0 Å². The van der Waals surface area contributed by atoms with Crippen LogP contribution in [0.25, 0.3) is 10.9 Å². The maximum absolute atomic E-state index is 3.43. The highest BCUT2D eigenvalue weighted by molar-refractivity contribution is 5.87. The lowest BCUT2D eigenvalue weighted by molar-refractivity contribution is 0.186.